The second-order valence-electron chi connectivity index (χ2n) is 5.22. The van der Waals surface area contributed by atoms with Gasteiger partial charge in [0.25, 0.3) is 0 Å². The quantitative estimate of drug-likeness (QED) is 0.260. The molecule has 0 radical (unpaired) electrons. The number of nitrogen functional groups attached to an aromatic ring is 1. The summed E-state index contributed by atoms with van der Waals surface area (Å²) in [5.74, 6) is 5.64. The highest BCUT2D eigenvalue weighted by molar-refractivity contribution is 6.31. The second-order valence-corrected chi connectivity index (χ2v) is 5.65. The molecule has 21 heavy (non-hydrogen) atoms. The van der Waals surface area contributed by atoms with Crippen LogP contribution in [0.4, 0.5) is 11.4 Å². The Kier molecular flexibility index (Phi) is 4.69. The molecule has 1 aliphatic rings. The number of nitrogens with one attached hydrogen (secondary N) is 1. The van der Waals surface area contributed by atoms with Gasteiger partial charge in [0, 0.05) is 48.2 Å². The normalized spacial score (nSPS) is 15.9. The predicted molar refractivity (Wildman–Crippen MR) is 85.7 cm³/mol. The van der Waals surface area contributed by atoms with E-state index in [9.17, 15) is 4.79 Å². The zero-order valence-electron chi connectivity index (χ0n) is 12.0. The summed E-state index contributed by atoms with van der Waals surface area (Å²) in [5.41, 5.74) is 7.95. The van der Waals surface area contributed by atoms with Gasteiger partial charge in [0.2, 0.25) is 5.91 Å². The number of piperidine rings is 1. The van der Waals surface area contributed by atoms with Crippen molar-refractivity contribution in [2.75, 3.05) is 23.7 Å². The summed E-state index contributed by atoms with van der Waals surface area (Å²) in [6.07, 6.45) is 2.80. The first-order chi connectivity index (χ1) is 9.93. The molecule has 1 aromatic carbocycles. The van der Waals surface area contributed by atoms with E-state index in [1.54, 1.807) is 6.07 Å². The Morgan fingerprint density at radius 2 is 2.10 bits per heavy atom. The molecule has 1 saturated heterocycles. The van der Waals surface area contributed by atoms with Crippen molar-refractivity contribution in [2.45, 2.75) is 25.8 Å². The lowest BCUT2D eigenvalue weighted by molar-refractivity contribution is -0.131. The number of amides is 1. The lowest BCUT2D eigenvalue weighted by atomic mass is 10.0. The van der Waals surface area contributed by atoms with E-state index in [1.165, 1.54) is 18.1 Å². The Bertz CT molecular complexity index is 555. The first-order valence-electron chi connectivity index (χ1n) is 6.83. The number of carbonyl (C=O) groups is 1. The maximum Gasteiger partial charge on any atom is 0.233 e. The standard InChI is InChI=1S/C14H20ClN5O/c1-9(21)20(18)11-2-4-19(5-3-11)14-7-10(15)6-13(17)12(14)8-16/h6-8,11,16H,2-5,17-18H2,1H3. The fourth-order valence-corrected chi connectivity index (χ4v) is 2.91. The van der Waals surface area contributed by atoms with Crippen molar-refractivity contribution in [3.8, 4) is 0 Å². The van der Waals surface area contributed by atoms with Gasteiger partial charge in [-0.3, -0.25) is 9.80 Å². The molecular weight excluding hydrogens is 290 g/mol. The Balaban J connectivity index is 2.16. The highest BCUT2D eigenvalue weighted by Crippen LogP contribution is 2.31. The number of benzene rings is 1. The topological polar surface area (TPSA) is 99.4 Å². The third-order valence-corrected chi connectivity index (χ3v) is 4.08. The number of carbonyl (C=O) groups excluding carboxylic acids is 1. The van der Waals surface area contributed by atoms with Crippen LogP contribution in [-0.2, 0) is 4.79 Å². The molecule has 5 N–H and O–H groups in total. The van der Waals surface area contributed by atoms with Gasteiger partial charge in [-0.05, 0) is 25.0 Å². The summed E-state index contributed by atoms with van der Waals surface area (Å²) in [6.45, 7) is 2.95. The third kappa shape index (κ3) is 3.28. The Labute approximate surface area is 129 Å². The van der Waals surface area contributed by atoms with Crippen molar-refractivity contribution in [1.82, 2.24) is 5.01 Å². The van der Waals surface area contributed by atoms with Gasteiger partial charge in [-0.2, -0.15) is 0 Å². The predicted octanol–water partition coefficient (Wildman–Crippen LogP) is 1.61. The molecule has 1 aliphatic heterocycles. The zero-order chi connectivity index (χ0) is 15.6. The molecule has 0 bridgehead atoms. The number of hydrogen-bond acceptors (Lipinski definition) is 5. The molecule has 114 valence electrons. The van der Waals surface area contributed by atoms with E-state index < -0.39 is 0 Å². The minimum atomic E-state index is -0.124. The van der Waals surface area contributed by atoms with Crippen molar-refractivity contribution in [1.29, 1.82) is 5.41 Å². The SMILES string of the molecule is CC(=O)N(N)C1CCN(c2cc(Cl)cc(N)c2C=N)CC1. The number of hydrogen-bond donors (Lipinski definition) is 3. The van der Waals surface area contributed by atoms with E-state index in [2.05, 4.69) is 4.90 Å². The molecule has 0 atom stereocenters. The fourth-order valence-electron chi connectivity index (χ4n) is 2.69. The first kappa shape index (κ1) is 15.6. The monoisotopic (exact) mass is 309 g/mol. The molecule has 0 aromatic heterocycles. The van der Waals surface area contributed by atoms with Gasteiger partial charge >= 0.3 is 0 Å². The number of halogens is 1. The molecule has 7 heteroatoms. The molecule has 1 aromatic rings. The first-order valence-corrected chi connectivity index (χ1v) is 7.20. The average Bonchev–Trinajstić information content (AvgIpc) is 2.46. The van der Waals surface area contributed by atoms with Gasteiger partial charge in [0.15, 0.2) is 0 Å². The number of nitrogens with two attached hydrogens (primary N) is 2. The molecule has 6 nitrogen and oxygen atoms in total. The molecule has 0 unspecified atom stereocenters. The van der Waals surface area contributed by atoms with Gasteiger partial charge in [0.05, 0.1) is 6.04 Å². The largest absolute Gasteiger partial charge is 0.398 e. The van der Waals surface area contributed by atoms with Crippen LogP contribution in [-0.4, -0.2) is 36.3 Å². The van der Waals surface area contributed by atoms with Crippen LogP contribution in [0.5, 0.6) is 0 Å². The number of anilines is 2. The van der Waals surface area contributed by atoms with Crippen LogP contribution in [0.15, 0.2) is 12.1 Å². The molecule has 1 fully saturated rings. The maximum atomic E-state index is 11.3. The number of nitrogens with zero attached hydrogens (tertiary/aromatic N) is 2. The van der Waals surface area contributed by atoms with E-state index in [0.717, 1.165) is 31.6 Å². The van der Waals surface area contributed by atoms with E-state index >= 15 is 0 Å². The summed E-state index contributed by atoms with van der Waals surface area (Å²) >= 11 is 6.06. The van der Waals surface area contributed by atoms with E-state index in [-0.39, 0.29) is 11.9 Å². The number of hydrazine groups is 1. The minimum Gasteiger partial charge on any atom is -0.398 e. The molecule has 0 spiro atoms. The molecular formula is C14H20ClN5O. The average molecular weight is 310 g/mol. The van der Waals surface area contributed by atoms with Crippen LogP contribution < -0.4 is 16.5 Å². The van der Waals surface area contributed by atoms with Crippen molar-refractivity contribution < 1.29 is 4.79 Å². The van der Waals surface area contributed by atoms with Crippen LogP contribution in [0, 0.1) is 5.41 Å². The van der Waals surface area contributed by atoms with Gasteiger partial charge in [-0.25, -0.2) is 5.84 Å². The van der Waals surface area contributed by atoms with Crippen molar-refractivity contribution in [3.05, 3.63) is 22.7 Å². The summed E-state index contributed by atoms with van der Waals surface area (Å²) in [4.78, 5) is 13.4. The van der Waals surface area contributed by atoms with Crippen molar-refractivity contribution in [2.24, 2.45) is 5.84 Å². The molecule has 1 heterocycles. The Morgan fingerprint density at radius 1 is 1.48 bits per heavy atom. The summed E-state index contributed by atoms with van der Waals surface area (Å²) < 4.78 is 0. The highest BCUT2D eigenvalue weighted by atomic mass is 35.5. The van der Waals surface area contributed by atoms with Gasteiger partial charge < -0.3 is 16.0 Å². The maximum absolute atomic E-state index is 11.3. The van der Waals surface area contributed by atoms with Crippen molar-refractivity contribution in [3.63, 3.8) is 0 Å². The van der Waals surface area contributed by atoms with E-state index in [1.807, 2.05) is 6.07 Å². The Morgan fingerprint density at radius 3 is 2.62 bits per heavy atom. The summed E-state index contributed by atoms with van der Waals surface area (Å²) in [7, 11) is 0. The second kappa shape index (κ2) is 6.32. The lowest BCUT2D eigenvalue weighted by Gasteiger charge is -2.37. The van der Waals surface area contributed by atoms with Gasteiger partial charge in [-0.15, -0.1) is 0 Å². The fraction of sp³-hybridized carbons (Fsp3) is 0.429. The van der Waals surface area contributed by atoms with Crippen LogP contribution in [0.2, 0.25) is 5.02 Å². The van der Waals surface area contributed by atoms with Crippen molar-refractivity contribution >= 4 is 35.1 Å². The van der Waals surface area contributed by atoms with Crippen LogP contribution >= 0.6 is 11.6 Å². The van der Waals surface area contributed by atoms with E-state index in [0.29, 0.717) is 16.3 Å². The highest BCUT2D eigenvalue weighted by Gasteiger charge is 2.26. The van der Waals surface area contributed by atoms with Crippen LogP contribution in [0.1, 0.15) is 25.3 Å². The molecule has 0 saturated carbocycles. The molecule has 0 aliphatic carbocycles. The zero-order valence-corrected chi connectivity index (χ0v) is 12.7. The smallest absolute Gasteiger partial charge is 0.233 e. The molecule has 1 amide bonds. The van der Waals surface area contributed by atoms with Crippen LogP contribution in [0.3, 0.4) is 0 Å². The summed E-state index contributed by atoms with van der Waals surface area (Å²) in [6, 6.07) is 3.53. The Hall–Kier alpha value is -1.79. The van der Waals surface area contributed by atoms with E-state index in [4.69, 9.17) is 28.6 Å². The van der Waals surface area contributed by atoms with Gasteiger partial charge in [-0.1, -0.05) is 11.6 Å². The third-order valence-electron chi connectivity index (χ3n) is 3.86. The summed E-state index contributed by atoms with van der Waals surface area (Å²) in [5, 5.41) is 9.39. The number of rotatable bonds is 3. The minimum absolute atomic E-state index is 0.0544. The van der Waals surface area contributed by atoms with Gasteiger partial charge in [0.1, 0.15) is 0 Å². The molecule has 2 rings (SSSR count). The lowest BCUT2D eigenvalue weighted by Crippen LogP contribution is -2.50. The van der Waals surface area contributed by atoms with Crippen LogP contribution in [0.25, 0.3) is 0 Å².